The molecule has 2 heterocycles. The van der Waals surface area contributed by atoms with Gasteiger partial charge in [0.2, 0.25) is 0 Å². The monoisotopic (exact) mass is 528 g/mol. The third-order valence-electron chi connectivity index (χ3n) is 6.25. The summed E-state index contributed by atoms with van der Waals surface area (Å²) in [6, 6.07) is 7.83. The number of nitrogens with one attached hydrogen (secondary N) is 1. The number of amides is 1. The van der Waals surface area contributed by atoms with Crippen molar-refractivity contribution >= 4 is 28.5 Å². The number of nitrogens with zero attached hydrogens (tertiary/aromatic N) is 1. The molecule has 0 aliphatic carbocycles. The second-order valence-electron chi connectivity index (χ2n) is 8.70. The van der Waals surface area contributed by atoms with E-state index in [9.17, 15) is 18.7 Å². The van der Waals surface area contributed by atoms with Crippen LogP contribution in [0.4, 0.5) is 17.6 Å². The van der Waals surface area contributed by atoms with E-state index in [0.29, 0.717) is 23.5 Å². The Morgan fingerprint density at radius 2 is 1.92 bits per heavy atom. The van der Waals surface area contributed by atoms with Crippen LogP contribution in [0.1, 0.15) is 42.3 Å². The lowest BCUT2D eigenvalue weighted by Crippen LogP contribution is -2.50. The molecule has 36 heavy (non-hydrogen) atoms. The molecular weight excluding hydrogens is 504 g/mol. The van der Waals surface area contributed by atoms with Gasteiger partial charge >= 0.3 is 5.92 Å². The molecular formula is C25H25ClF4N2O4. The topological polar surface area (TPSA) is 74.9 Å². The summed E-state index contributed by atoms with van der Waals surface area (Å²) in [5, 5.41) is 13.9. The number of aliphatic hydroxyl groups is 1. The third-order valence-corrected chi connectivity index (χ3v) is 6.49. The quantitative estimate of drug-likeness (QED) is 0.362. The molecule has 11 heteroatoms. The number of carbonyl (C=O) groups is 1. The van der Waals surface area contributed by atoms with Crippen LogP contribution in [-0.4, -0.2) is 48.7 Å². The normalized spacial score (nSPS) is 16.4. The molecule has 3 aromatic rings. The number of hydrogen-bond donors (Lipinski definition) is 2. The van der Waals surface area contributed by atoms with Crippen molar-refractivity contribution < 1.29 is 36.6 Å². The van der Waals surface area contributed by atoms with Gasteiger partial charge in [0.15, 0.2) is 5.76 Å². The van der Waals surface area contributed by atoms with Crippen molar-refractivity contribution in [3.8, 4) is 5.75 Å². The molecule has 2 atom stereocenters. The van der Waals surface area contributed by atoms with Gasteiger partial charge in [-0.1, -0.05) is 17.7 Å². The zero-order valence-electron chi connectivity index (χ0n) is 19.3. The fourth-order valence-electron chi connectivity index (χ4n) is 4.35. The summed E-state index contributed by atoms with van der Waals surface area (Å²) in [6.45, 7) is 1.37. The summed E-state index contributed by atoms with van der Waals surface area (Å²) >= 11 is 5.90. The van der Waals surface area contributed by atoms with Crippen LogP contribution < -0.4 is 10.1 Å². The molecule has 1 aliphatic rings. The van der Waals surface area contributed by atoms with Gasteiger partial charge < -0.3 is 24.5 Å². The van der Waals surface area contributed by atoms with Crippen LogP contribution in [0.25, 0.3) is 11.0 Å². The van der Waals surface area contributed by atoms with E-state index in [-0.39, 0.29) is 23.4 Å². The van der Waals surface area contributed by atoms with Gasteiger partial charge in [-0.25, -0.2) is 8.78 Å². The Bertz CT molecular complexity index is 1230. The molecule has 2 N–H and O–H groups in total. The highest BCUT2D eigenvalue weighted by Crippen LogP contribution is 2.36. The summed E-state index contributed by atoms with van der Waals surface area (Å²) in [4.78, 5) is 14.7. The van der Waals surface area contributed by atoms with Crippen molar-refractivity contribution in [2.75, 3.05) is 26.7 Å². The molecule has 1 saturated heterocycles. The van der Waals surface area contributed by atoms with Gasteiger partial charge in [0.1, 0.15) is 17.4 Å². The first-order valence-corrected chi connectivity index (χ1v) is 11.7. The number of furan rings is 1. The van der Waals surface area contributed by atoms with Crippen molar-refractivity contribution in [1.82, 2.24) is 10.2 Å². The second-order valence-corrected chi connectivity index (χ2v) is 9.14. The molecule has 0 radical (unpaired) electrons. The van der Waals surface area contributed by atoms with Gasteiger partial charge in [-0.15, -0.1) is 0 Å². The summed E-state index contributed by atoms with van der Waals surface area (Å²) < 4.78 is 67.4. The molecule has 4 rings (SSSR count). The maximum Gasteiger partial charge on any atom is 0.380 e. The predicted octanol–water partition coefficient (Wildman–Crippen LogP) is 5.44. The van der Waals surface area contributed by atoms with Gasteiger partial charge in [-0.3, -0.25) is 4.79 Å². The molecule has 194 valence electrons. The number of fused-ring (bicyclic) bond motifs is 1. The van der Waals surface area contributed by atoms with Gasteiger partial charge in [0.05, 0.1) is 18.7 Å². The molecule has 6 nitrogen and oxygen atoms in total. The van der Waals surface area contributed by atoms with E-state index in [1.165, 1.54) is 37.4 Å². The smallest absolute Gasteiger partial charge is 0.380 e. The van der Waals surface area contributed by atoms with Crippen molar-refractivity contribution in [2.24, 2.45) is 0 Å². The lowest BCUT2D eigenvalue weighted by Gasteiger charge is -2.30. The summed E-state index contributed by atoms with van der Waals surface area (Å²) in [5.41, 5.74) is -0.280. The fourth-order valence-corrected chi connectivity index (χ4v) is 4.53. The number of benzene rings is 2. The van der Waals surface area contributed by atoms with E-state index in [2.05, 4.69) is 5.32 Å². The molecule has 0 saturated carbocycles. The second kappa shape index (κ2) is 10.7. The molecule has 0 bridgehead atoms. The number of ether oxygens (including phenoxy) is 1. The zero-order chi connectivity index (χ0) is 26.0. The predicted molar refractivity (Wildman–Crippen MR) is 126 cm³/mol. The largest absolute Gasteiger partial charge is 0.496 e. The van der Waals surface area contributed by atoms with Crippen LogP contribution >= 0.6 is 11.6 Å². The van der Waals surface area contributed by atoms with Crippen molar-refractivity contribution in [3.05, 3.63) is 64.4 Å². The first-order chi connectivity index (χ1) is 17.1. The Hall–Kier alpha value is -2.82. The number of alkyl halides is 4. The molecule has 0 spiro atoms. The van der Waals surface area contributed by atoms with E-state index in [0.717, 1.165) is 25.0 Å². The first kappa shape index (κ1) is 26.2. The van der Waals surface area contributed by atoms with Crippen LogP contribution in [0, 0.1) is 0 Å². The Morgan fingerprint density at radius 1 is 1.19 bits per heavy atom. The SMILES string of the molecule is COc1ccc(C(O)C(CN2CCCC2)NC(=O)C(F)(F)c2cc3cc(Cl)ccc3o2)cc1C(F)F. The lowest BCUT2D eigenvalue weighted by molar-refractivity contribution is -0.151. The molecule has 2 unspecified atom stereocenters. The van der Waals surface area contributed by atoms with E-state index in [4.69, 9.17) is 20.8 Å². The maximum atomic E-state index is 15.1. The molecule has 1 aliphatic heterocycles. The minimum atomic E-state index is -4.07. The average Bonchev–Trinajstić information content (AvgIpc) is 3.52. The van der Waals surface area contributed by atoms with Crippen LogP contribution in [0.5, 0.6) is 5.75 Å². The van der Waals surface area contributed by atoms with E-state index < -0.39 is 41.7 Å². The Morgan fingerprint density at radius 3 is 2.58 bits per heavy atom. The van der Waals surface area contributed by atoms with E-state index in [1.807, 2.05) is 4.90 Å². The van der Waals surface area contributed by atoms with Crippen molar-refractivity contribution in [2.45, 2.75) is 37.3 Å². The minimum absolute atomic E-state index is 0.0392. The zero-order valence-corrected chi connectivity index (χ0v) is 20.1. The number of hydrogen-bond acceptors (Lipinski definition) is 5. The van der Waals surface area contributed by atoms with E-state index >= 15 is 8.78 Å². The number of halogens is 5. The highest BCUT2D eigenvalue weighted by Gasteiger charge is 2.46. The van der Waals surface area contributed by atoms with Gasteiger partial charge in [-0.05, 0) is 67.9 Å². The summed E-state index contributed by atoms with van der Waals surface area (Å²) in [6.07, 6.45) is -2.66. The van der Waals surface area contributed by atoms with Crippen LogP contribution in [0.15, 0.2) is 46.9 Å². The maximum absolute atomic E-state index is 15.1. The molecule has 2 aromatic carbocycles. The standard InChI is InChI=1S/C25H25ClF4N2O4/c1-35-20-6-4-14(11-17(20)23(27)28)22(33)18(13-32-8-2-3-9-32)31-24(34)25(29,30)21-12-15-10-16(26)5-7-19(15)36-21/h4-7,10-12,18,22-23,33H,2-3,8-9,13H2,1H3,(H,31,34). The van der Waals surface area contributed by atoms with E-state index in [1.54, 1.807) is 0 Å². The number of aliphatic hydroxyl groups excluding tert-OH is 1. The van der Waals surface area contributed by atoms with Gasteiger partial charge in [0, 0.05) is 17.0 Å². The highest BCUT2D eigenvalue weighted by molar-refractivity contribution is 6.31. The lowest BCUT2D eigenvalue weighted by atomic mass is 9.98. The molecule has 1 fully saturated rings. The third kappa shape index (κ3) is 5.45. The Balaban J connectivity index is 1.61. The molecule has 1 amide bonds. The number of carbonyl (C=O) groups excluding carboxylic acids is 1. The minimum Gasteiger partial charge on any atom is -0.496 e. The number of methoxy groups -OCH3 is 1. The van der Waals surface area contributed by atoms with Gasteiger partial charge in [0.25, 0.3) is 12.3 Å². The number of rotatable bonds is 9. The fraction of sp³-hybridized carbons (Fsp3) is 0.400. The summed E-state index contributed by atoms with van der Waals surface area (Å²) in [7, 11) is 1.24. The highest BCUT2D eigenvalue weighted by atomic mass is 35.5. The van der Waals surface area contributed by atoms with Crippen LogP contribution in [0.2, 0.25) is 5.02 Å². The Labute approximate surface area is 209 Å². The summed E-state index contributed by atoms with van der Waals surface area (Å²) in [5.74, 6) is -6.70. The first-order valence-electron chi connectivity index (χ1n) is 11.3. The Kier molecular flexibility index (Phi) is 7.77. The van der Waals surface area contributed by atoms with Gasteiger partial charge in [-0.2, -0.15) is 8.78 Å². The average molecular weight is 529 g/mol. The van der Waals surface area contributed by atoms with Crippen LogP contribution in [-0.2, 0) is 10.7 Å². The van der Waals surface area contributed by atoms with Crippen LogP contribution in [0.3, 0.4) is 0 Å². The number of likely N-dealkylation sites (tertiary alicyclic amines) is 1. The van der Waals surface area contributed by atoms with Crippen molar-refractivity contribution in [1.29, 1.82) is 0 Å². The van der Waals surface area contributed by atoms with Crippen molar-refractivity contribution in [3.63, 3.8) is 0 Å². The molecule has 1 aromatic heterocycles.